The Balaban J connectivity index is 2.39. The van der Waals surface area contributed by atoms with Crippen LogP contribution in [0.25, 0.3) is 0 Å². The first-order chi connectivity index (χ1) is 9.90. The Kier molecular flexibility index (Phi) is 5.13. The molecule has 0 aliphatic heterocycles. The van der Waals surface area contributed by atoms with Gasteiger partial charge in [-0.2, -0.15) is 0 Å². The van der Waals surface area contributed by atoms with Gasteiger partial charge in [-0.15, -0.1) is 0 Å². The fraction of sp³-hybridized carbons (Fsp3) is 0.0714. The number of hydrogen-bond acceptors (Lipinski definition) is 2. The molecule has 2 aromatic rings. The lowest BCUT2D eigenvalue weighted by Crippen LogP contribution is -2.06. The molecule has 2 rings (SSSR count). The molecule has 0 spiro atoms. The quantitative estimate of drug-likeness (QED) is 0.848. The molecule has 7 heteroatoms. The Bertz CT molecular complexity index is 736. The van der Waals surface area contributed by atoms with Crippen molar-refractivity contribution in [1.29, 1.82) is 0 Å². The molecule has 0 radical (unpaired) electrons. The molecule has 0 aromatic heterocycles. The van der Waals surface area contributed by atoms with Crippen molar-refractivity contribution in [3.05, 3.63) is 62.8 Å². The first-order valence-electron chi connectivity index (χ1n) is 5.74. The van der Waals surface area contributed by atoms with Crippen molar-refractivity contribution < 1.29 is 18.5 Å². The fourth-order valence-corrected chi connectivity index (χ4v) is 3.86. The van der Waals surface area contributed by atoms with Gasteiger partial charge in [0.15, 0.2) is 0 Å². The predicted octanol–water partition coefficient (Wildman–Crippen LogP) is 4.25. The van der Waals surface area contributed by atoms with E-state index in [1.807, 2.05) is 0 Å². The zero-order valence-electron chi connectivity index (χ0n) is 10.5. The Morgan fingerprint density at radius 2 is 2.05 bits per heavy atom. The maximum Gasteiger partial charge on any atom is 0.336 e. The van der Waals surface area contributed by atoms with E-state index in [9.17, 15) is 13.4 Å². The van der Waals surface area contributed by atoms with Gasteiger partial charge in [0.25, 0.3) is 0 Å². The van der Waals surface area contributed by atoms with Crippen LogP contribution >= 0.6 is 27.5 Å². The van der Waals surface area contributed by atoms with Crippen molar-refractivity contribution >= 4 is 44.3 Å². The molecule has 0 saturated carbocycles. The van der Waals surface area contributed by atoms with Gasteiger partial charge in [0, 0.05) is 4.47 Å². The lowest BCUT2D eigenvalue weighted by molar-refractivity contribution is 0.0693. The van der Waals surface area contributed by atoms with Crippen LogP contribution in [0.5, 0.6) is 0 Å². The highest BCUT2D eigenvalue weighted by Crippen LogP contribution is 2.26. The average Bonchev–Trinajstić information content (AvgIpc) is 2.43. The summed E-state index contributed by atoms with van der Waals surface area (Å²) in [5, 5.41) is 9.04. The van der Waals surface area contributed by atoms with Gasteiger partial charge in [0.2, 0.25) is 0 Å². The molecule has 0 amide bonds. The van der Waals surface area contributed by atoms with Crippen molar-refractivity contribution in [2.45, 2.75) is 10.6 Å². The number of halogens is 3. The van der Waals surface area contributed by atoms with E-state index in [4.69, 9.17) is 16.7 Å². The first-order valence-corrected chi connectivity index (χ1v) is 8.23. The molecule has 3 nitrogen and oxygen atoms in total. The monoisotopic (exact) mass is 390 g/mol. The summed E-state index contributed by atoms with van der Waals surface area (Å²) in [6.45, 7) is 0. The molecule has 1 unspecified atom stereocenters. The minimum absolute atomic E-state index is 0.0518. The molecule has 0 fully saturated rings. The van der Waals surface area contributed by atoms with E-state index in [1.165, 1.54) is 24.3 Å². The standard InChI is InChI=1S/C14H9BrClFO3S/c15-9-4-5-10(14(18)19)12(6-9)21(20)7-8-2-1-3-11(17)13(8)16/h1-6H,7H2,(H,18,19). The minimum Gasteiger partial charge on any atom is -0.478 e. The molecular formula is C14H9BrClFO3S. The van der Waals surface area contributed by atoms with E-state index in [0.29, 0.717) is 10.0 Å². The molecule has 0 saturated heterocycles. The maximum atomic E-state index is 13.4. The van der Waals surface area contributed by atoms with Crippen LogP contribution in [0.2, 0.25) is 5.02 Å². The number of carbonyl (C=O) groups is 1. The number of rotatable bonds is 4. The van der Waals surface area contributed by atoms with Crippen LogP contribution < -0.4 is 0 Å². The van der Waals surface area contributed by atoms with Gasteiger partial charge in [0.1, 0.15) is 5.82 Å². The maximum absolute atomic E-state index is 13.4. The first kappa shape index (κ1) is 16.1. The summed E-state index contributed by atoms with van der Waals surface area (Å²) >= 11 is 9.04. The molecule has 0 heterocycles. The molecule has 1 N–H and O–H groups in total. The molecule has 21 heavy (non-hydrogen) atoms. The highest BCUT2D eigenvalue weighted by atomic mass is 79.9. The summed E-state index contributed by atoms with van der Waals surface area (Å²) in [4.78, 5) is 11.3. The second kappa shape index (κ2) is 6.68. The van der Waals surface area contributed by atoms with Crippen molar-refractivity contribution in [1.82, 2.24) is 0 Å². The third-order valence-electron chi connectivity index (χ3n) is 2.74. The van der Waals surface area contributed by atoms with E-state index in [0.717, 1.165) is 0 Å². The normalized spacial score (nSPS) is 12.1. The van der Waals surface area contributed by atoms with Gasteiger partial charge in [-0.1, -0.05) is 39.7 Å². The van der Waals surface area contributed by atoms with Gasteiger partial charge in [-0.3, -0.25) is 4.21 Å². The fourth-order valence-electron chi connectivity index (χ4n) is 1.74. The Morgan fingerprint density at radius 1 is 1.33 bits per heavy atom. The smallest absolute Gasteiger partial charge is 0.336 e. The zero-order valence-corrected chi connectivity index (χ0v) is 13.6. The van der Waals surface area contributed by atoms with Crippen molar-refractivity contribution in [2.75, 3.05) is 0 Å². The number of carboxylic acid groups (broad SMARTS) is 1. The van der Waals surface area contributed by atoms with E-state index < -0.39 is 22.6 Å². The molecule has 0 aliphatic carbocycles. The predicted molar refractivity (Wildman–Crippen MR) is 82.6 cm³/mol. The third-order valence-corrected chi connectivity index (χ3v) is 5.06. The van der Waals surface area contributed by atoms with Crippen LogP contribution in [0.4, 0.5) is 4.39 Å². The number of aromatic carboxylic acids is 1. The van der Waals surface area contributed by atoms with E-state index in [2.05, 4.69) is 15.9 Å². The highest BCUT2D eigenvalue weighted by Gasteiger charge is 2.18. The van der Waals surface area contributed by atoms with Gasteiger partial charge in [0.05, 0.1) is 32.0 Å². The molecule has 2 aromatic carbocycles. The van der Waals surface area contributed by atoms with Crippen LogP contribution in [-0.4, -0.2) is 15.3 Å². The van der Waals surface area contributed by atoms with Gasteiger partial charge in [-0.05, 0) is 29.8 Å². The SMILES string of the molecule is O=C(O)c1ccc(Br)cc1S(=O)Cc1cccc(F)c1Cl. The van der Waals surface area contributed by atoms with Crippen LogP contribution in [0, 0.1) is 5.82 Å². The molecule has 1 atom stereocenters. The van der Waals surface area contributed by atoms with Crippen LogP contribution in [0.1, 0.15) is 15.9 Å². The van der Waals surface area contributed by atoms with Crippen LogP contribution in [-0.2, 0) is 16.6 Å². The second-order valence-electron chi connectivity index (χ2n) is 4.15. The van der Waals surface area contributed by atoms with Crippen LogP contribution in [0.15, 0.2) is 45.8 Å². The zero-order chi connectivity index (χ0) is 15.6. The Labute approximate surface area is 136 Å². The lowest BCUT2D eigenvalue weighted by atomic mass is 10.2. The minimum atomic E-state index is -1.66. The highest BCUT2D eigenvalue weighted by molar-refractivity contribution is 9.10. The van der Waals surface area contributed by atoms with Gasteiger partial charge in [-0.25, -0.2) is 9.18 Å². The van der Waals surface area contributed by atoms with Crippen molar-refractivity contribution in [3.8, 4) is 0 Å². The largest absolute Gasteiger partial charge is 0.478 e. The number of carboxylic acids is 1. The molecule has 110 valence electrons. The summed E-state index contributed by atoms with van der Waals surface area (Å²) in [7, 11) is -1.66. The second-order valence-corrected chi connectivity index (χ2v) is 6.86. The molecule has 0 bridgehead atoms. The average molecular weight is 392 g/mol. The van der Waals surface area contributed by atoms with Crippen molar-refractivity contribution in [3.63, 3.8) is 0 Å². The van der Waals surface area contributed by atoms with Crippen molar-refractivity contribution in [2.24, 2.45) is 0 Å². The summed E-state index contributed by atoms with van der Waals surface area (Å²) < 4.78 is 26.4. The van der Waals surface area contributed by atoms with Gasteiger partial charge >= 0.3 is 5.97 Å². The Hall–Kier alpha value is -1.24. The van der Waals surface area contributed by atoms with E-state index in [1.54, 1.807) is 12.1 Å². The number of benzene rings is 2. The number of hydrogen-bond donors (Lipinski definition) is 1. The summed E-state index contributed by atoms with van der Waals surface area (Å²) in [5.74, 6) is -1.83. The van der Waals surface area contributed by atoms with Gasteiger partial charge < -0.3 is 5.11 Å². The summed E-state index contributed by atoms with van der Waals surface area (Å²) in [5.41, 5.74) is 0.315. The Morgan fingerprint density at radius 3 is 2.71 bits per heavy atom. The lowest BCUT2D eigenvalue weighted by Gasteiger charge is -2.08. The van der Waals surface area contributed by atoms with Crippen LogP contribution in [0.3, 0.4) is 0 Å². The molecule has 0 aliphatic rings. The summed E-state index contributed by atoms with van der Waals surface area (Å²) in [6.07, 6.45) is 0. The third kappa shape index (κ3) is 3.70. The molecular weight excluding hydrogens is 383 g/mol. The topological polar surface area (TPSA) is 54.4 Å². The van der Waals surface area contributed by atoms with E-state index >= 15 is 0 Å². The summed E-state index contributed by atoms with van der Waals surface area (Å²) in [6, 6.07) is 8.63. The van der Waals surface area contributed by atoms with E-state index in [-0.39, 0.29) is 21.2 Å².